The van der Waals surface area contributed by atoms with Gasteiger partial charge in [0.15, 0.2) is 0 Å². The van der Waals surface area contributed by atoms with Crippen LogP contribution < -0.4 is 0 Å². The summed E-state index contributed by atoms with van der Waals surface area (Å²) in [4.78, 5) is 16.2. The second-order valence-corrected chi connectivity index (χ2v) is 4.78. The number of benzene rings is 1. The average Bonchev–Trinajstić information content (AvgIpc) is 2.39. The van der Waals surface area contributed by atoms with Crippen LogP contribution in [0.4, 0.5) is 4.39 Å². The lowest BCUT2D eigenvalue weighted by atomic mass is 10.2. The van der Waals surface area contributed by atoms with Crippen molar-refractivity contribution in [1.29, 1.82) is 5.26 Å². The highest BCUT2D eigenvalue weighted by atomic mass is 32.2. The Balaban J connectivity index is 2.26. The van der Waals surface area contributed by atoms with Crippen LogP contribution in [0.2, 0.25) is 0 Å². The number of carbonyl (C=O) groups is 1. The molecule has 0 atom stereocenters. The number of pyridine rings is 1. The smallest absolute Gasteiger partial charge is 0.225 e. The Morgan fingerprint density at radius 2 is 1.95 bits per heavy atom. The van der Waals surface area contributed by atoms with Gasteiger partial charge in [-0.15, -0.1) is 0 Å². The fourth-order valence-electron chi connectivity index (χ4n) is 1.43. The molecular formula is C14H9FN2OS. The number of hydrogen-bond acceptors (Lipinski definition) is 4. The Morgan fingerprint density at radius 1 is 1.26 bits per heavy atom. The first kappa shape index (κ1) is 13.2. The first-order valence-corrected chi connectivity index (χ1v) is 6.27. The highest BCUT2D eigenvalue weighted by molar-refractivity contribution is 8.14. The van der Waals surface area contributed by atoms with Crippen LogP contribution in [0.1, 0.15) is 21.6 Å². The molecular weight excluding hydrogens is 263 g/mol. The highest BCUT2D eigenvalue weighted by Gasteiger charge is 2.13. The summed E-state index contributed by atoms with van der Waals surface area (Å²) in [5.74, 6) is -0.395. The predicted octanol–water partition coefficient (Wildman–Crippen LogP) is 3.33. The molecule has 5 heteroatoms. The number of rotatable bonds is 2. The Bertz CT molecular complexity index is 662. The van der Waals surface area contributed by atoms with E-state index in [0.29, 0.717) is 16.2 Å². The Labute approximate surface area is 114 Å². The number of aromatic nitrogens is 1. The minimum atomic E-state index is -0.395. The molecule has 0 amide bonds. The lowest BCUT2D eigenvalue weighted by Gasteiger charge is -2.03. The van der Waals surface area contributed by atoms with Gasteiger partial charge in [0.25, 0.3) is 0 Å². The molecule has 94 valence electrons. The molecule has 2 rings (SSSR count). The van der Waals surface area contributed by atoms with Gasteiger partial charge in [-0.2, -0.15) is 5.26 Å². The van der Waals surface area contributed by atoms with Gasteiger partial charge in [-0.3, -0.25) is 4.79 Å². The van der Waals surface area contributed by atoms with Crippen LogP contribution >= 0.6 is 11.8 Å². The van der Waals surface area contributed by atoms with Crippen molar-refractivity contribution in [3.63, 3.8) is 0 Å². The Morgan fingerprint density at radius 3 is 2.58 bits per heavy atom. The van der Waals surface area contributed by atoms with Crippen LogP contribution in [0.5, 0.6) is 0 Å². The number of nitriles is 1. The van der Waals surface area contributed by atoms with Crippen molar-refractivity contribution in [2.24, 2.45) is 0 Å². The zero-order valence-corrected chi connectivity index (χ0v) is 10.9. The number of aryl methyl sites for hydroxylation is 1. The summed E-state index contributed by atoms with van der Waals surface area (Å²) in [6, 6.07) is 10.6. The van der Waals surface area contributed by atoms with Gasteiger partial charge in [0, 0.05) is 11.3 Å². The number of carbonyl (C=O) groups excluding carboxylic acids is 1. The van der Waals surface area contributed by atoms with E-state index in [-0.39, 0.29) is 5.12 Å². The molecule has 0 aliphatic rings. The van der Waals surface area contributed by atoms with Crippen molar-refractivity contribution in [1.82, 2.24) is 4.98 Å². The van der Waals surface area contributed by atoms with Crippen molar-refractivity contribution in [3.8, 4) is 6.07 Å². The summed E-state index contributed by atoms with van der Waals surface area (Å²) >= 11 is 0.873. The van der Waals surface area contributed by atoms with E-state index in [2.05, 4.69) is 4.98 Å². The fourth-order valence-corrected chi connectivity index (χ4v) is 2.27. The lowest BCUT2D eigenvalue weighted by Crippen LogP contribution is -1.97. The molecule has 1 aromatic carbocycles. The van der Waals surface area contributed by atoms with Gasteiger partial charge in [-0.25, -0.2) is 9.37 Å². The summed E-state index contributed by atoms with van der Waals surface area (Å²) in [7, 11) is 0. The molecule has 0 saturated heterocycles. The predicted molar refractivity (Wildman–Crippen MR) is 70.3 cm³/mol. The summed E-state index contributed by atoms with van der Waals surface area (Å²) in [6.45, 7) is 1.79. The molecule has 0 saturated carbocycles. The summed E-state index contributed by atoms with van der Waals surface area (Å²) in [5, 5.41) is 9.07. The van der Waals surface area contributed by atoms with E-state index >= 15 is 0 Å². The van der Waals surface area contributed by atoms with E-state index in [1.807, 2.05) is 6.07 Å². The Kier molecular flexibility index (Phi) is 3.93. The molecule has 19 heavy (non-hydrogen) atoms. The zero-order chi connectivity index (χ0) is 13.8. The van der Waals surface area contributed by atoms with Crippen molar-refractivity contribution in [2.75, 3.05) is 0 Å². The normalized spacial score (nSPS) is 9.95. The third-order valence-electron chi connectivity index (χ3n) is 2.39. The first-order valence-electron chi connectivity index (χ1n) is 5.45. The van der Waals surface area contributed by atoms with E-state index < -0.39 is 5.82 Å². The topological polar surface area (TPSA) is 53.8 Å². The molecule has 0 fully saturated rings. The molecule has 0 N–H and O–H groups in total. The van der Waals surface area contributed by atoms with Crippen LogP contribution in [0, 0.1) is 24.1 Å². The molecule has 1 aromatic heterocycles. The standard InChI is InChI=1S/C14H9FN2OS/c1-9-2-3-11(8-16)13(17-9)19-14(18)10-4-6-12(15)7-5-10/h2-7H,1H3. The fraction of sp³-hybridized carbons (Fsp3) is 0.0714. The quantitative estimate of drug-likeness (QED) is 0.787. The number of halogens is 1. The molecule has 0 aliphatic carbocycles. The van der Waals surface area contributed by atoms with Gasteiger partial charge in [0.1, 0.15) is 16.9 Å². The largest absolute Gasteiger partial charge is 0.281 e. The third kappa shape index (κ3) is 3.18. The maximum Gasteiger partial charge on any atom is 0.225 e. The molecule has 0 spiro atoms. The van der Waals surface area contributed by atoms with Crippen molar-refractivity contribution in [3.05, 3.63) is 59.0 Å². The van der Waals surface area contributed by atoms with Crippen molar-refractivity contribution in [2.45, 2.75) is 11.9 Å². The minimum absolute atomic E-state index is 0.269. The number of thioether (sulfide) groups is 1. The molecule has 0 unspecified atom stereocenters. The first-order chi connectivity index (χ1) is 9.10. The van der Waals surface area contributed by atoms with Crippen LogP contribution in [0.15, 0.2) is 41.4 Å². The van der Waals surface area contributed by atoms with Crippen LogP contribution in [-0.2, 0) is 0 Å². The maximum absolute atomic E-state index is 12.8. The third-order valence-corrected chi connectivity index (χ3v) is 3.31. The van der Waals surface area contributed by atoms with E-state index in [1.165, 1.54) is 24.3 Å². The van der Waals surface area contributed by atoms with Gasteiger partial charge >= 0.3 is 0 Å². The monoisotopic (exact) mass is 272 g/mol. The summed E-state index contributed by atoms with van der Waals surface area (Å²) < 4.78 is 12.8. The second-order valence-electron chi connectivity index (χ2n) is 3.81. The molecule has 1 heterocycles. The zero-order valence-electron chi connectivity index (χ0n) is 10.1. The minimum Gasteiger partial charge on any atom is -0.281 e. The summed E-state index contributed by atoms with van der Waals surface area (Å²) in [6.07, 6.45) is 0. The van der Waals surface area contributed by atoms with Crippen molar-refractivity contribution >= 4 is 16.9 Å². The number of hydrogen-bond donors (Lipinski definition) is 0. The second kappa shape index (κ2) is 5.63. The van der Waals surface area contributed by atoms with Crippen LogP contribution in [0.3, 0.4) is 0 Å². The summed E-state index contributed by atoms with van der Waals surface area (Å²) in [5.41, 5.74) is 1.46. The molecule has 0 radical (unpaired) electrons. The lowest BCUT2D eigenvalue weighted by molar-refractivity contribution is 0.108. The Hall–Kier alpha value is -2.19. The maximum atomic E-state index is 12.8. The number of nitrogens with zero attached hydrogens (tertiary/aromatic N) is 2. The van der Waals surface area contributed by atoms with E-state index in [4.69, 9.17) is 5.26 Å². The van der Waals surface area contributed by atoms with Crippen LogP contribution in [-0.4, -0.2) is 10.1 Å². The van der Waals surface area contributed by atoms with Gasteiger partial charge in [0.2, 0.25) is 5.12 Å². The molecule has 0 bridgehead atoms. The van der Waals surface area contributed by atoms with Crippen LogP contribution in [0.25, 0.3) is 0 Å². The van der Waals surface area contributed by atoms with Crippen molar-refractivity contribution < 1.29 is 9.18 Å². The molecule has 2 aromatic rings. The van der Waals surface area contributed by atoms with Gasteiger partial charge in [-0.05, 0) is 55.1 Å². The highest BCUT2D eigenvalue weighted by Crippen LogP contribution is 2.24. The van der Waals surface area contributed by atoms with E-state index in [9.17, 15) is 9.18 Å². The average molecular weight is 272 g/mol. The SMILES string of the molecule is Cc1ccc(C#N)c(SC(=O)c2ccc(F)cc2)n1. The van der Waals surface area contributed by atoms with E-state index in [1.54, 1.807) is 19.1 Å². The van der Waals surface area contributed by atoms with Gasteiger partial charge in [0.05, 0.1) is 5.56 Å². The van der Waals surface area contributed by atoms with Gasteiger partial charge < -0.3 is 0 Å². The van der Waals surface area contributed by atoms with Gasteiger partial charge in [-0.1, -0.05) is 0 Å². The van der Waals surface area contributed by atoms with E-state index in [0.717, 1.165) is 17.5 Å². The molecule has 3 nitrogen and oxygen atoms in total. The molecule has 0 aliphatic heterocycles.